The van der Waals surface area contributed by atoms with Crippen LogP contribution in [-0.4, -0.2) is 24.6 Å². The Bertz CT molecular complexity index is 742. The molecule has 0 aliphatic carbocycles. The van der Waals surface area contributed by atoms with Gasteiger partial charge in [-0.1, -0.05) is 161 Å². The summed E-state index contributed by atoms with van der Waals surface area (Å²) in [6.07, 6.45) is 44.7. The van der Waals surface area contributed by atoms with Crippen LogP contribution < -0.4 is 0 Å². The summed E-state index contributed by atoms with van der Waals surface area (Å²) in [5.74, 6) is 0.533. The van der Waals surface area contributed by atoms with E-state index in [0.29, 0.717) is 25.4 Å². The Morgan fingerprint density at radius 2 is 0.938 bits per heavy atom. The van der Waals surface area contributed by atoms with Crippen LogP contribution in [0.2, 0.25) is 0 Å². The zero-order valence-corrected chi connectivity index (χ0v) is 32.7. The van der Waals surface area contributed by atoms with E-state index in [1.165, 1.54) is 128 Å². The first-order valence-electron chi connectivity index (χ1n) is 21.2. The SMILES string of the molecule is CCCCC/C=C/C/C=C/CCCCCCCC(=O)OC(CCCCCC)CCCCCCCCCCC(=O)OCC(CC)CCCC. The van der Waals surface area contributed by atoms with E-state index < -0.39 is 0 Å². The van der Waals surface area contributed by atoms with Gasteiger partial charge in [0.2, 0.25) is 0 Å². The molecule has 4 nitrogen and oxygen atoms in total. The first-order valence-corrected chi connectivity index (χ1v) is 21.2. The Morgan fingerprint density at radius 3 is 1.50 bits per heavy atom. The first-order chi connectivity index (χ1) is 23.6. The number of hydrogen-bond donors (Lipinski definition) is 0. The Hall–Kier alpha value is -1.58. The van der Waals surface area contributed by atoms with E-state index in [2.05, 4.69) is 52.0 Å². The molecule has 282 valence electrons. The molecule has 0 saturated heterocycles. The second kappa shape index (κ2) is 38.2. The Labute approximate surface area is 300 Å². The Balaban J connectivity index is 3.92. The van der Waals surface area contributed by atoms with Crippen LogP contribution in [0.1, 0.15) is 227 Å². The lowest BCUT2D eigenvalue weighted by Gasteiger charge is -2.18. The summed E-state index contributed by atoms with van der Waals surface area (Å²) in [4.78, 5) is 24.7. The van der Waals surface area contributed by atoms with E-state index in [-0.39, 0.29) is 18.0 Å². The van der Waals surface area contributed by atoms with Crippen LogP contribution in [0.3, 0.4) is 0 Å². The smallest absolute Gasteiger partial charge is 0.306 e. The lowest BCUT2D eigenvalue weighted by molar-refractivity contribution is -0.150. The number of ether oxygens (including phenoxy) is 2. The largest absolute Gasteiger partial charge is 0.465 e. The van der Waals surface area contributed by atoms with Crippen LogP contribution >= 0.6 is 0 Å². The number of allylic oxidation sites excluding steroid dienone is 4. The molecule has 0 spiro atoms. The second-order valence-electron chi connectivity index (χ2n) is 14.4. The molecule has 0 aromatic heterocycles. The fraction of sp³-hybridized carbons (Fsp3) is 0.864. The predicted molar refractivity (Wildman–Crippen MR) is 208 cm³/mol. The van der Waals surface area contributed by atoms with Gasteiger partial charge in [-0.15, -0.1) is 0 Å². The lowest BCUT2D eigenvalue weighted by Crippen LogP contribution is -2.18. The van der Waals surface area contributed by atoms with Crippen molar-refractivity contribution >= 4 is 11.9 Å². The summed E-state index contributed by atoms with van der Waals surface area (Å²) in [7, 11) is 0. The fourth-order valence-corrected chi connectivity index (χ4v) is 6.27. The molecule has 0 bridgehead atoms. The monoisotopic (exact) mass is 675 g/mol. The molecular weight excluding hydrogens is 592 g/mol. The summed E-state index contributed by atoms with van der Waals surface area (Å²) in [5.41, 5.74) is 0. The van der Waals surface area contributed by atoms with Gasteiger partial charge in [-0.25, -0.2) is 0 Å². The summed E-state index contributed by atoms with van der Waals surface area (Å²) in [6.45, 7) is 9.50. The van der Waals surface area contributed by atoms with Gasteiger partial charge < -0.3 is 9.47 Å². The van der Waals surface area contributed by atoms with Crippen molar-refractivity contribution < 1.29 is 19.1 Å². The minimum Gasteiger partial charge on any atom is -0.465 e. The molecular formula is C44H82O4. The van der Waals surface area contributed by atoms with Gasteiger partial charge in [-0.3, -0.25) is 9.59 Å². The minimum atomic E-state index is -0.0130. The van der Waals surface area contributed by atoms with E-state index in [1.54, 1.807) is 0 Å². The average molecular weight is 675 g/mol. The van der Waals surface area contributed by atoms with Crippen molar-refractivity contribution in [1.82, 2.24) is 0 Å². The number of carbonyl (C=O) groups excluding carboxylic acids is 2. The zero-order chi connectivity index (χ0) is 35.2. The molecule has 0 aliphatic rings. The minimum absolute atomic E-state index is 0.0130. The number of hydrogen-bond acceptors (Lipinski definition) is 4. The van der Waals surface area contributed by atoms with Gasteiger partial charge in [0.15, 0.2) is 0 Å². The van der Waals surface area contributed by atoms with Gasteiger partial charge in [0.1, 0.15) is 6.10 Å². The van der Waals surface area contributed by atoms with E-state index in [1.807, 2.05) is 0 Å². The summed E-state index contributed by atoms with van der Waals surface area (Å²) < 4.78 is 11.5. The van der Waals surface area contributed by atoms with E-state index in [9.17, 15) is 9.59 Å². The normalized spacial score (nSPS) is 13.0. The van der Waals surface area contributed by atoms with Crippen molar-refractivity contribution in [2.75, 3.05) is 6.61 Å². The molecule has 2 unspecified atom stereocenters. The highest BCUT2D eigenvalue weighted by Gasteiger charge is 2.14. The number of esters is 2. The molecule has 4 heteroatoms. The average Bonchev–Trinajstić information content (AvgIpc) is 3.09. The molecule has 0 N–H and O–H groups in total. The second-order valence-corrected chi connectivity index (χ2v) is 14.4. The maximum absolute atomic E-state index is 12.6. The van der Waals surface area contributed by atoms with Gasteiger partial charge in [0.05, 0.1) is 6.61 Å². The van der Waals surface area contributed by atoms with E-state index in [0.717, 1.165) is 57.8 Å². The van der Waals surface area contributed by atoms with Gasteiger partial charge in [0.25, 0.3) is 0 Å². The summed E-state index contributed by atoms with van der Waals surface area (Å²) in [5, 5.41) is 0. The Morgan fingerprint density at radius 1 is 0.479 bits per heavy atom. The molecule has 2 atom stereocenters. The van der Waals surface area contributed by atoms with Gasteiger partial charge in [0, 0.05) is 12.8 Å². The van der Waals surface area contributed by atoms with Crippen molar-refractivity contribution in [2.45, 2.75) is 233 Å². The third-order valence-electron chi connectivity index (χ3n) is 9.69. The summed E-state index contributed by atoms with van der Waals surface area (Å²) >= 11 is 0. The van der Waals surface area contributed by atoms with Crippen LogP contribution in [0.5, 0.6) is 0 Å². The molecule has 0 aliphatic heterocycles. The maximum atomic E-state index is 12.6. The summed E-state index contributed by atoms with van der Waals surface area (Å²) in [6, 6.07) is 0. The predicted octanol–water partition coefficient (Wildman–Crippen LogP) is 14.3. The zero-order valence-electron chi connectivity index (χ0n) is 32.7. The van der Waals surface area contributed by atoms with Crippen LogP contribution in [0.15, 0.2) is 24.3 Å². The molecule has 0 saturated carbocycles. The molecule has 0 rings (SSSR count). The molecule has 0 fully saturated rings. The van der Waals surface area contributed by atoms with E-state index in [4.69, 9.17) is 9.47 Å². The van der Waals surface area contributed by atoms with Crippen LogP contribution in [0, 0.1) is 5.92 Å². The highest BCUT2D eigenvalue weighted by molar-refractivity contribution is 5.69. The van der Waals surface area contributed by atoms with E-state index >= 15 is 0 Å². The van der Waals surface area contributed by atoms with Crippen LogP contribution in [-0.2, 0) is 19.1 Å². The van der Waals surface area contributed by atoms with Crippen molar-refractivity contribution in [3.8, 4) is 0 Å². The third-order valence-corrected chi connectivity index (χ3v) is 9.69. The fourth-order valence-electron chi connectivity index (χ4n) is 6.27. The van der Waals surface area contributed by atoms with Crippen molar-refractivity contribution in [3.63, 3.8) is 0 Å². The first kappa shape index (κ1) is 46.4. The quantitative estimate of drug-likeness (QED) is 0.0374. The van der Waals surface area contributed by atoms with Gasteiger partial charge in [-0.2, -0.15) is 0 Å². The third kappa shape index (κ3) is 34.3. The molecule has 48 heavy (non-hydrogen) atoms. The van der Waals surface area contributed by atoms with Crippen molar-refractivity contribution in [3.05, 3.63) is 24.3 Å². The molecule has 0 aromatic rings. The number of rotatable bonds is 37. The van der Waals surface area contributed by atoms with Crippen molar-refractivity contribution in [1.29, 1.82) is 0 Å². The van der Waals surface area contributed by atoms with Gasteiger partial charge in [-0.05, 0) is 83.0 Å². The number of carbonyl (C=O) groups is 2. The molecule has 0 aromatic carbocycles. The standard InChI is InChI=1S/C44H82O4/c1-5-9-12-14-15-16-17-18-19-20-21-22-27-30-34-39-44(46)48-42(36-31-13-10-6-2)37-32-28-25-23-24-26-29-33-38-43(45)47-40-41(8-4)35-11-7-3/h15-16,18-19,41-42H,5-14,17,20-40H2,1-4H3/b16-15+,19-18+. The molecule has 0 heterocycles. The lowest BCUT2D eigenvalue weighted by atomic mass is 10.0. The molecule has 0 amide bonds. The molecule has 0 radical (unpaired) electrons. The topological polar surface area (TPSA) is 52.6 Å². The van der Waals surface area contributed by atoms with Crippen LogP contribution in [0.25, 0.3) is 0 Å². The maximum Gasteiger partial charge on any atom is 0.306 e. The van der Waals surface area contributed by atoms with Gasteiger partial charge >= 0.3 is 11.9 Å². The Kier molecular flexibility index (Phi) is 37.0. The highest BCUT2D eigenvalue weighted by atomic mass is 16.5. The van der Waals surface area contributed by atoms with Crippen LogP contribution in [0.4, 0.5) is 0 Å². The highest BCUT2D eigenvalue weighted by Crippen LogP contribution is 2.19. The number of unbranched alkanes of at least 4 members (excludes halogenated alkanes) is 19. The van der Waals surface area contributed by atoms with Crippen molar-refractivity contribution in [2.24, 2.45) is 5.92 Å².